The molecule has 5 saturated heterocycles. The quantitative estimate of drug-likeness (QED) is 0.0470. The molecular weight excluding hydrogens is 1540 g/mol. The van der Waals surface area contributed by atoms with Crippen LogP contribution in [0.5, 0.6) is 0 Å². The number of carbonyl (C=O) groups is 4. The van der Waals surface area contributed by atoms with Crippen molar-refractivity contribution >= 4 is 118 Å². The van der Waals surface area contributed by atoms with Crippen molar-refractivity contribution < 1.29 is 37.4 Å². The van der Waals surface area contributed by atoms with Crippen molar-refractivity contribution in [3.63, 3.8) is 0 Å². The molecule has 7 aliphatic carbocycles. The van der Waals surface area contributed by atoms with Gasteiger partial charge in [-0.05, 0) is 186 Å². The fourth-order valence-corrected chi connectivity index (χ4v) is 24.5. The zero-order valence-electron chi connectivity index (χ0n) is 70.1. The number of aromatic nitrogens is 15. The van der Waals surface area contributed by atoms with Gasteiger partial charge in [0.15, 0.2) is 0 Å². The second-order valence-corrected chi connectivity index (χ2v) is 38.9. The average molecular weight is 1660 g/mol. The minimum absolute atomic E-state index is 0.0901. The molecule has 33 nitrogen and oxygen atoms in total. The highest BCUT2D eigenvalue weighted by molar-refractivity contribution is 7.90. The number of nitrogens with zero attached hydrogens (tertiary/aromatic N) is 20. The third kappa shape index (κ3) is 16.1. The van der Waals surface area contributed by atoms with Gasteiger partial charge in [-0.3, -0.25) is 24.1 Å². The van der Waals surface area contributed by atoms with Crippen LogP contribution in [0.4, 0.5) is 29.1 Å². The maximum atomic E-state index is 12.5. The lowest BCUT2D eigenvalue weighted by Gasteiger charge is -2.29. The first-order valence-electron chi connectivity index (χ1n) is 43.4. The highest BCUT2D eigenvalue weighted by Crippen LogP contribution is 2.52. The topological polar surface area (TPSA) is 372 Å². The van der Waals surface area contributed by atoms with Gasteiger partial charge >= 0.3 is 5.97 Å². The molecule has 4 unspecified atom stereocenters. The van der Waals surface area contributed by atoms with Gasteiger partial charge < -0.3 is 74.0 Å². The zero-order chi connectivity index (χ0) is 83.0. The first-order valence-corrected chi connectivity index (χ1v) is 44.9. The molecule has 0 aromatic carbocycles. The number of likely N-dealkylation sites (tertiary alicyclic amines) is 4. The minimum Gasteiger partial charge on any atom is -0.465 e. The van der Waals surface area contributed by atoms with Crippen molar-refractivity contribution in [2.24, 2.45) is 64.6 Å². The molecule has 10 aromatic rings. The van der Waals surface area contributed by atoms with Gasteiger partial charge in [0.1, 0.15) is 95.6 Å². The van der Waals surface area contributed by atoms with Crippen LogP contribution in [0.25, 0.3) is 55.2 Å². The molecule has 5 aliphatic heterocycles. The van der Waals surface area contributed by atoms with Crippen LogP contribution in [-0.2, 0) is 33.9 Å². The molecule has 6 N–H and O–H groups in total. The maximum absolute atomic E-state index is 12.5. The van der Waals surface area contributed by atoms with Crippen LogP contribution in [0.2, 0.25) is 0 Å². The number of fused-ring (bicyclic) bond motifs is 10. The molecule has 10 aromatic heterocycles. The summed E-state index contributed by atoms with van der Waals surface area (Å²) < 4.78 is 31.8. The van der Waals surface area contributed by atoms with Crippen LogP contribution in [0.3, 0.4) is 0 Å². The van der Waals surface area contributed by atoms with Crippen LogP contribution >= 0.6 is 0 Å². The number of nitrogens with one attached hydrogen (secondary N) is 5. The van der Waals surface area contributed by atoms with E-state index in [1.165, 1.54) is 0 Å². The van der Waals surface area contributed by atoms with E-state index in [1.54, 1.807) is 42.9 Å². The molecule has 638 valence electrons. The number of sulfonamides is 1. The molecule has 3 amide bonds. The summed E-state index contributed by atoms with van der Waals surface area (Å²) in [5.41, 5.74) is 4.50. The number of ether oxygens (including phenoxy) is 1. The van der Waals surface area contributed by atoms with Crippen LogP contribution in [0.15, 0.2) is 93.0 Å². The Balaban J connectivity index is 0.000000103. The monoisotopic (exact) mass is 1660 g/mol. The first kappa shape index (κ1) is 80.8. The van der Waals surface area contributed by atoms with E-state index in [-0.39, 0.29) is 28.4 Å². The highest BCUT2D eigenvalue weighted by Gasteiger charge is 2.54. The predicted molar refractivity (Wildman–Crippen MR) is 458 cm³/mol. The summed E-state index contributed by atoms with van der Waals surface area (Å²) >= 11 is 0. The first-order chi connectivity index (χ1) is 58.0. The van der Waals surface area contributed by atoms with E-state index < -0.39 is 16.6 Å². The Morgan fingerprint density at radius 3 is 1.12 bits per heavy atom. The second-order valence-electron chi connectivity index (χ2n) is 36.7. The van der Waals surface area contributed by atoms with Gasteiger partial charge in [-0.2, -0.15) is 0 Å². The summed E-state index contributed by atoms with van der Waals surface area (Å²) in [6.45, 7) is 15.0. The van der Waals surface area contributed by atoms with Gasteiger partial charge in [0, 0.05) is 175 Å². The van der Waals surface area contributed by atoms with Gasteiger partial charge in [0.2, 0.25) is 27.7 Å². The smallest absolute Gasteiger partial charge is 0.320 e. The predicted octanol–water partition coefficient (Wildman–Crippen LogP) is 7.97. The Labute approximate surface area is 699 Å². The van der Waals surface area contributed by atoms with E-state index in [1.807, 2.05) is 78.0 Å². The molecule has 34 heteroatoms. The molecule has 15 heterocycles. The summed E-state index contributed by atoms with van der Waals surface area (Å²) in [6.07, 6.45) is 32.5. The third-order valence-corrected chi connectivity index (χ3v) is 31.7. The van der Waals surface area contributed by atoms with Gasteiger partial charge in [-0.15, -0.1) is 0 Å². The molecule has 0 spiro atoms. The Hall–Kier alpha value is -10.2. The van der Waals surface area contributed by atoms with Crippen LogP contribution in [0, 0.1) is 64.6 Å². The molecule has 12 aliphatic rings. The molecular formula is C86H115N25O8S. The molecule has 15 atom stereocenters. The SMILES string of the molecule is CC(=O)N1C[C@H]2CC(N(C)c3ncnc4[nH]ccc34)C[C@H]2C1.CCOC(=O)CN1C[C@H]2CC(N(C)c3ncnc4[nH]ccc34)C[C@H]2C1.CN(c1ncnc2[nH]ccc12)C1C[C@@H]2CN(C(=O)C3CC3)C[C@@H]2C1.CN(c1ncnc2[nH]ccc12)C1C[C@@H]2CN(S(=O)(=O)C3CC3)C[C@@H]2C1.CN(c1ncnc2[nH]ccc12)[C@@H]1C[C@H]2CN(C(=O)CO)C[C@@]2(C)C1. The van der Waals surface area contributed by atoms with Gasteiger partial charge in [-0.25, -0.2) is 62.6 Å². The lowest BCUT2D eigenvalue weighted by molar-refractivity contribution is -0.144. The van der Waals surface area contributed by atoms with Gasteiger partial charge in [0.25, 0.3) is 0 Å². The zero-order valence-corrected chi connectivity index (χ0v) is 71.0. The fourth-order valence-electron chi connectivity index (χ4n) is 22.5. The summed E-state index contributed by atoms with van der Waals surface area (Å²) in [5, 5.41) is 14.3. The number of aromatic amines is 5. The Morgan fingerprint density at radius 1 is 0.458 bits per heavy atom. The summed E-state index contributed by atoms with van der Waals surface area (Å²) in [7, 11) is 7.58. The minimum atomic E-state index is -3.02. The normalized spacial score (nSPS) is 28.4. The van der Waals surface area contributed by atoms with E-state index in [4.69, 9.17) is 9.84 Å². The standard InChI is InChI=1S/C18H25N5O2.C18H23N5O.C17H23N5O2S.C17H23N5O2.C16H21N5O/c1-3-25-16(24)10-23-8-12-6-14(7-13(12)9-23)22(2)18-15-4-5-19-17(15)20-11-21-18;1-22(17-15-4-5-19-16(15)20-10-21-17)14-6-12-8-23(9-13(12)7-14)18(24)11-2-3-11;1-21(17-15-4-5-18-16(15)19-10-20-17)13-6-11-8-22(9-12(11)7-13)25(23,24)14-2-3-14;1-17-6-12(5-11(17)7-22(9-17)14(24)8-23)21(2)16-13-3-4-18-15(13)19-10-20-16;1-10(22)21-7-11-5-13(6-12(11)8-21)20(2)16-14-3-4-17-15(14)18-9-19-16/h4-5,11-14H,3,6-10H2,1-2H3,(H,19,20,21);4-5,10-14H,2-3,6-9H2,1H3,(H,19,20,21);4-5,10-14H,2-3,6-9H2,1H3,(H,18,19,20);3-4,10-12,23H,5-9H2,1-2H3,(H,18,19,20);3-4,9,11-13H,5-8H2,1-2H3,(H,17,18,19)/t2*12-,13+,14?;11-,12+,13?;11-,12+,17+;11-,12+,13?/m...0./s1. The Kier molecular flexibility index (Phi) is 22.5. The lowest BCUT2D eigenvalue weighted by Crippen LogP contribution is -2.37. The van der Waals surface area contributed by atoms with E-state index in [0.717, 1.165) is 227 Å². The molecule has 22 rings (SSSR count). The molecule has 120 heavy (non-hydrogen) atoms. The van der Waals surface area contributed by atoms with Crippen molar-refractivity contribution in [1.29, 1.82) is 0 Å². The molecule has 0 bridgehead atoms. The number of hydrogen-bond acceptors (Lipinski definition) is 24. The second kappa shape index (κ2) is 33.3. The number of carbonyl (C=O) groups excluding carboxylic acids is 4. The van der Waals surface area contributed by atoms with Crippen LogP contribution < -0.4 is 24.5 Å². The van der Waals surface area contributed by atoms with E-state index in [0.29, 0.717) is 122 Å². The fraction of sp³-hybridized carbons (Fsp3) is 0.605. The molecule has 12 fully saturated rings. The largest absolute Gasteiger partial charge is 0.465 e. The maximum Gasteiger partial charge on any atom is 0.320 e. The lowest BCUT2D eigenvalue weighted by atomic mass is 9.83. The summed E-state index contributed by atoms with van der Waals surface area (Å²) in [4.78, 5) is 127. The number of amides is 3. The number of aliphatic hydroxyl groups excluding tert-OH is 1. The van der Waals surface area contributed by atoms with Gasteiger partial charge in [-0.1, -0.05) is 6.92 Å². The Bertz CT molecular complexity index is 5420. The van der Waals surface area contributed by atoms with Crippen molar-refractivity contribution in [2.75, 3.05) is 145 Å². The number of H-pyrrole nitrogens is 5. The van der Waals surface area contributed by atoms with Gasteiger partial charge in [0.05, 0.1) is 45.3 Å². The van der Waals surface area contributed by atoms with E-state index in [9.17, 15) is 27.6 Å². The molecule has 7 saturated carbocycles. The van der Waals surface area contributed by atoms with Crippen molar-refractivity contribution in [3.05, 3.63) is 93.0 Å². The Morgan fingerprint density at radius 2 is 0.800 bits per heavy atom. The number of rotatable bonds is 17. The summed E-state index contributed by atoms with van der Waals surface area (Å²) in [5.74, 6) is 11.0. The number of esters is 1. The average Bonchev–Trinajstić information content (AvgIpc) is 1.59. The van der Waals surface area contributed by atoms with Crippen molar-refractivity contribution in [2.45, 2.75) is 146 Å². The number of hydrogen-bond donors (Lipinski definition) is 6. The number of anilines is 5. The third-order valence-electron chi connectivity index (χ3n) is 29.4. The van der Waals surface area contributed by atoms with Crippen LogP contribution in [-0.4, -0.2) is 292 Å². The number of aliphatic hydroxyl groups is 1. The highest BCUT2D eigenvalue weighted by atomic mass is 32.2. The molecule has 0 radical (unpaired) electrons. The van der Waals surface area contributed by atoms with Crippen molar-refractivity contribution in [1.82, 2.24) is 98.7 Å². The van der Waals surface area contributed by atoms with Crippen molar-refractivity contribution in [3.8, 4) is 0 Å². The van der Waals surface area contributed by atoms with Crippen LogP contribution in [0.1, 0.15) is 111 Å². The summed E-state index contributed by atoms with van der Waals surface area (Å²) in [6, 6.07) is 12.5. The van der Waals surface area contributed by atoms with E-state index >= 15 is 0 Å². The van der Waals surface area contributed by atoms with E-state index in [2.05, 4.69) is 151 Å².